The van der Waals surface area contributed by atoms with Crippen LogP contribution < -0.4 is 5.32 Å². The third-order valence-corrected chi connectivity index (χ3v) is 4.69. The summed E-state index contributed by atoms with van der Waals surface area (Å²) in [7, 11) is 0. The monoisotopic (exact) mass is 378 g/mol. The number of fused-ring (bicyclic) bond motifs is 1. The Hall–Kier alpha value is -2.92. The smallest absolute Gasteiger partial charge is 0.223 e. The maximum atomic E-state index is 5.95. The van der Waals surface area contributed by atoms with E-state index in [0.29, 0.717) is 11.7 Å². The molecule has 0 aliphatic rings. The predicted molar refractivity (Wildman–Crippen MR) is 108 cm³/mol. The number of para-hydroxylation sites is 1. The van der Waals surface area contributed by atoms with Gasteiger partial charge in [0.2, 0.25) is 11.7 Å². The van der Waals surface area contributed by atoms with Crippen molar-refractivity contribution in [2.75, 3.05) is 11.9 Å². The summed E-state index contributed by atoms with van der Waals surface area (Å²) in [6, 6.07) is 16.1. The Morgan fingerprint density at radius 3 is 2.59 bits per heavy atom. The molecule has 0 atom stereocenters. The molecule has 5 nitrogen and oxygen atoms in total. The number of nitrogens with zero attached hydrogens (tertiary/aromatic N) is 3. The summed E-state index contributed by atoms with van der Waals surface area (Å²) in [6.45, 7) is 4.57. The molecule has 0 saturated carbocycles. The summed E-state index contributed by atoms with van der Waals surface area (Å²) in [5, 5.41) is 9.30. The van der Waals surface area contributed by atoms with Crippen LogP contribution in [0.2, 0.25) is 5.02 Å². The molecule has 0 spiro atoms. The zero-order valence-electron chi connectivity index (χ0n) is 15.2. The quantitative estimate of drug-likeness (QED) is 0.516. The minimum atomic E-state index is 0.529. The molecule has 0 aliphatic heterocycles. The van der Waals surface area contributed by atoms with E-state index in [2.05, 4.69) is 34.5 Å². The van der Waals surface area contributed by atoms with Gasteiger partial charge in [-0.05, 0) is 42.7 Å². The molecule has 6 heteroatoms. The largest absolute Gasteiger partial charge is 0.369 e. The molecule has 0 aliphatic carbocycles. The molecular formula is C21H19ClN4O. The first-order chi connectivity index (χ1) is 13.1. The topological polar surface area (TPSA) is 63.8 Å². The molecule has 1 N–H and O–H groups in total. The molecule has 136 valence electrons. The minimum absolute atomic E-state index is 0.529. The van der Waals surface area contributed by atoms with Crippen molar-refractivity contribution in [3.05, 3.63) is 70.6 Å². The highest BCUT2D eigenvalue weighted by Gasteiger charge is 2.15. The molecule has 2 aromatic carbocycles. The van der Waals surface area contributed by atoms with E-state index in [9.17, 15) is 0 Å². The fourth-order valence-electron chi connectivity index (χ4n) is 3.04. The van der Waals surface area contributed by atoms with E-state index in [1.807, 2.05) is 36.4 Å². The summed E-state index contributed by atoms with van der Waals surface area (Å²) >= 11 is 5.95. The highest BCUT2D eigenvalue weighted by Crippen LogP contribution is 2.29. The highest BCUT2D eigenvalue weighted by molar-refractivity contribution is 6.30. The number of anilines is 1. The van der Waals surface area contributed by atoms with E-state index < -0.39 is 0 Å². The standard InChI is InChI=1S/C21H19ClN4O/c1-13-4-3-5-16-12-18(21-24-14(2)27-26-21)20(25-19(13)16)23-11-10-15-6-8-17(22)9-7-15/h3-9,12H,10-11H2,1-2H3,(H,23,25). The summed E-state index contributed by atoms with van der Waals surface area (Å²) in [6.07, 6.45) is 0.857. The molecule has 0 saturated heterocycles. The number of hydrogen-bond donors (Lipinski definition) is 1. The number of halogens is 1. The van der Waals surface area contributed by atoms with Gasteiger partial charge in [0.05, 0.1) is 11.1 Å². The van der Waals surface area contributed by atoms with Crippen LogP contribution in [-0.2, 0) is 6.42 Å². The first kappa shape index (κ1) is 17.5. The summed E-state index contributed by atoms with van der Waals surface area (Å²) in [4.78, 5) is 9.23. The number of aromatic nitrogens is 3. The van der Waals surface area contributed by atoms with Crippen LogP contribution in [0, 0.1) is 13.8 Å². The zero-order chi connectivity index (χ0) is 18.8. The Labute approximate surface area is 162 Å². The second kappa shape index (κ2) is 7.37. The molecule has 4 rings (SSSR count). The molecule has 0 bridgehead atoms. The van der Waals surface area contributed by atoms with Crippen LogP contribution in [-0.4, -0.2) is 21.7 Å². The second-order valence-electron chi connectivity index (χ2n) is 6.47. The van der Waals surface area contributed by atoms with E-state index in [4.69, 9.17) is 21.1 Å². The molecule has 0 fully saturated rings. The van der Waals surface area contributed by atoms with Gasteiger partial charge in [-0.25, -0.2) is 4.98 Å². The average Bonchev–Trinajstić information content (AvgIpc) is 3.10. The Morgan fingerprint density at radius 1 is 1.04 bits per heavy atom. The van der Waals surface area contributed by atoms with Gasteiger partial charge in [-0.2, -0.15) is 4.98 Å². The molecular weight excluding hydrogens is 360 g/mol. The van der Waals surface area contributed by atoms with Crippen molar-refractivity contribution in [1.29, 1.82) is 0 Å². The first-order valence-corrected chi connectivity index (χ1v) is 9.17. The Kier molecular flexibility index (Phi) is 4.77. The fraction of sp³-hybridized carbons (Fsp3) is 0.190. The lowest BCUT2D eigenvalue weighted by Gasteiger charge is -2.12. The number of benzene rings is 2. The summed E-state index contributed by atoms with van der Waals surface area (Å²) < 4.78 is 5.17. The maximum Gasteiger partial charge on any atom is 0.223 e. The number of aryl methyl sites for hydroxylation is 2. The van der Waals surface area contributed by atoms with Crippen molar-refractivity contribution in [3.8, 4) is 11.4 Å². The minimum Gasteiger partial charge on any atom is -0.369 e. The number of hydrogen-bond acceptors (Lipinski definition) is 5. The van der Waals surface area contributed by atoms with Crippen molar-refractivity contribution >= 4 is 28.3 Å². The highest BCUT2D eigenvalue weighted by atomic mass is 35.5. The van der Waals surface area contributed by atoms with Crippen molar-refractivity contribution in [1.82, 2.24) is 15.1 Å². The molecule has 2 heterocycles. The summed E-state index contributed by atoms with van der Waals surface area (Å²) in [5.74, 6) is 1.82. The van der Waals surface area contributed by atoms with Gasteiger partial charge in [-0.3, -0.25) is 0 Å². The van der Waals surface area contributed by atoms with Crippen molar-refractivity contribution in [2.24, 2.45) is 0 Å². The number of rotatable bonds is 5. The second-order valence-corrected chi connectivity index (χ2v) is 6.91. The van der Waals surface area contributed by atoms with Crippen LogP contribution in [0.4, 0.5) is 5.82 Å². The van der Waals surface area contributed by atoms with Gasteiger partial charge in [-0.15, -0.1) is 0 Å². The van der Waals surface area contributed by atoms with E-state index in [-0.39, 0.29) is 0 Å². The van der Waals surface area contributed by atoms with Crippen LogP contribution in [0.5, 0.6) is 0 Å². The predicted octanol–water partition coefficient (Wildman–Crippen LogP) is 5.21. The van der Waals surface area contributed by atoms with Gasteiger partial charge in [0, 0.05) is 23.9 Å². The van der Waals surface area contributed by atoms with Crippen LogP contribution >= 0.6 is 11.6 Å². The molecule has 27 heavy (non-hydrogen) atoms. The normalized spacial score (nSPS) is 11.1. The zero-order valence-corrected chi connectivity index (χ0v) is 15.9. The van der Waals surface area contributed by atoms with Gasteiger partial charge < -0.3 is 9.84 Å². The van der Waals surface area contributed by atoms with Gasteiger partial charge in [0.1, 0.15) is 5.82 Å². The molecule has 0 unspecified atom stereocenters. The van der Waals surface area contributed by atoms with Gasteiger partial charge in [0.15, 0.2) is 0 Å². The van der Waals surface area contributed by atoms with E-state index >= 15 is 0 Å². The maximum absolute atomic E-state index is 5.95. The van der Waals surface area contributed by atoms with Crippen molar-refractivity contribution in [3.63, 3.8) is 0 Å². The van der Waals surface area contributed by atoms with Crippen LogP contribution in [0.25, 0.3) is 22.3 Å². The third kappa shape index (κ3) is 3.78. The van der Waals surface area contributed by atoms with Crippen LogP contribution in [0.1, 0.15) is 17.0 Å². The van der Waals surface area contributed by atoms with Gasteiger partial charge in [0.25, 0.3) is 0 Å². The van der Waals surface area contributed by atoms with Crippen molar-refractivity contribution in [2.45, 2.75) is 20.3 Å². The van der Waals surface area contributed by atoms with E-state index in [1.165, 1.54) is 5.56 Å². The Bertz CT molecular complexity index is 1090. The first-order valence-electron chi connectivity index (χ1n) is 8.79. The average molecular weight is 379 g/mol. The lowest BCUT2D eigenvalue weighted by atomic mass is 10.1. The molecule has 2 aromatic heterocycles. The van der Waals surface area contributed by atoms with Gasteiger partial charge >= 0.3 is 0 Å². The molecule has 4 aromatic rings. The van der Waals surface area contributed by atoms with E-state index in [0.717, 1.165) is 45.8 Å². The third-order valence-electron chi connectivity index (χ3n) is 4.44. The summed E-state index contributed by atoms with van der Waals surface area (Å²) in [5.41, 5.74) is 4.14. The Morgan fingerprint density at radius 2 is 1.85 bits per heavy atom. The lowest BCUT2D eigenvalue weighted by molar-refractivity contribution is 0.394. The van der Waals surface area contributed by atoms with Crippen molar-refractivity contribution < 1.29 is 4.52 Å². The van der Waals surface area contributed by atoms with Gasteiger partial charge in [-0.1, -0.05) is 47.1 Å². The number of nitrogens with one attached hydrogen (secondary N) is 1. The Balaban J connectivity index is 1.66. The molecule has 0 radical (unpaired) electrons. The number of pyridine rings is 1. The SMILES string of the molecule is Cc1nc(-c2cc3cccc(C)c3nc2NCCc2ccc(Cl)cc2)no1. The van der Waals surface area contributed by atoms with Crippen LogP contribution in [0.3, 0.4) is 0 Å². The van der Waals surface area contributed by atoms with E-state index in [1.54, 1.807) is 6.92 Å². The van der Waals surface area contributed by atoms with Crippen LogP contribution in [0.15, 0.2) is 53.1 Å². The molecule has 0 amide bonds. The fourth-order valence-corrected chi connectivity index (χ4v) is 3.16. The lowest BCUT2D eigenvalue weighted by Crippen LogP contribution is -2.08.